The van der Waals surface area contributed by atoms with Crippen molar-refractivity contribution in [2.45, 2.75) is 25.4 Å². The summed E-state index contributed by atoms with van der Waals surface area (Å²) >= 11 is 0. The predicted molar refractivity (Wildman–Crippen MR) is 96.5 cm³/mol. The molecule has 0 aliphatic carbocycles. The van der Waals surface area contributed by atoms with Gasteiger partial charge in [-0.25, -0.2) is 13.2 Å². The second kappa shape index (κ2) is 7.31. The number of nitrogens with zero attached hydrogens (tertiary/aromatic N) is 2. The summed E-state index contributed by atoms with van der Waals surface area (Å²) in [6.45, 7) is 0.441. The van der Waals surface area contributed by atoms with Crippen molar-refractivity contribution in [2.75, 3.05) is 13.1 Å². The molecule has 0 aromatic heterocycles. The summed E-state index contributed by atoms with van der Waals surface area (Å²) in [5.41, 5.74) is -0.157. The Morgan fingerprint density at radius 1 is 1.21 bits per heavy atom. The average molecular weight is 405 g/mol. The van der Waals surface area contributed by atoms with Crippen molar-refractivity contribution in [1.29, 1.82) is 0 Å². The minimum atomic E-state index is -1.10. The molecule has 1 unspecified atom stereocenters. The van der Waals surface area contributed by atoms with Gasteiger partial charge in [0.15, 0.2) is 0 Å². The van der Waals surface area contributed by atoms with E-state index in [1.165, 1.54) is 6.20 Å². The normalized spacial score (nSPS) is 21.0. The Bertz CT molecular complexity index is 963. The predicted octanol–water partition coefficient (Wildman–Crippen LogP) is 2.25. The van der Waals surface area contributed by atoms with Crippen LogP contribution in [0.15, 0.2) is 47.5 Å². The van der Waals surface area contributed by atoms with Gasteiger partial charge in [-0.05, 0) is 6.42 Å². The Balaban J connectivity index is 1.54. The highest BCUT2D eigenvalue weighted by molar-refractivity contribution is 5.98. The van der Waals surface area contributed by atoms with E-state index >= 15 is 0 Å². The van der Waals surface area contributed by atoms with Gasteiger partial charge in [0.2, 0.25) is 5.91 Å². The molecule has 3 heterocycles. The van der Waals surface area contributed by atoms with Crippen molar-refractivity contribution in [3.63, 3.8) is 0 Å². The molecular formula is C20H18F3N3O3. The Hall–Kier alpha value is -3.23. The van der Waals surface area contributed by atoms with Crippen LogP contribution in [0.1, 0.15) is 18.4 Å². The van der Waals surface area contributed by atoms with Crippen LogP contribution in [-0.4, -0.2) is 45.9 Å². The summed E-state index contributed by atoms with van der Waals surface area (Å²) in [5.74, 6) is -4.42. The lowest BCUT2D eigenvalue weighted by Crippen LogP contribution is -2.53. The number of hydrogen-bond donors (Lipinski definition) is 2. The zero-order chi connectivity index (χ0) is 20.7. The van der Waals surface area contributed by atoms with E-state index in [-0.39, 0.29) is 35.4 Å². The number of carbonyl (C=O) groups is 2. The summed E-state index contributed by atoms with van der Waals surface area (Å²) in [4.78, 5) is 28.4. The van der Waals surface area contributed by atoms with Gasteiger partial charge < -0.3 is 20.2 Å². The molecule has 3 aliphatic heterocycles. The van der Waals surface area contributed by atoms with Crippen molar-refractivity contribution in [3.8, 4) is 0 Å². The highest BCUT2D eigenvalue weighted by atomic mass is 19.1. The van der Waals surface area contributed by atoms with E-state index in [0.29, 0.717) is 31.6 Å². The standard InChI is InChI=1S/C20H18F3N3O3/c21-12-6-15(22)14(16(23)7-12)8-24-19(28)11-5-17(27)18-20(29)25-4-2-1-3-13(10-25)26(18)9-11/h1-2,6-7,9,13,27H,3-5,8,10H2,(H,24,28). The average Bonchev–Trinajstić information content (AvgIpc) is 2.88. The maximum atomic E-state index is 13.8. The lowest BCUT2D eigenvalue weighted by atomic mass is 9.99. The fourth-order valence-corrected chi connectivity index (χ4v) is 3.75. The molecule has 1 aromatic carbocycles. The first kappa shape index (κ1) is 19.1. The molecule has 1 fully saturated rings. The van der Waals surface area contributed by atoms with Gasteiger partial charge in [0.1, 0.15) is 28.9 Å². The molecule has 2 amide bonds. The zero-order valence-electron chi connectivity index (χ0n) is 15.3. The Morgan fingerprint density at radius 3 is 2.66 bits per heavy atom. The van der Waals surface area contributed by atoms with Crippen molar-refractivity contribution in [1.82, 2.24) is 15.1 Å². The van der Waals surface area contributed by atoms with E-state index < -0.39 is 35.5 Å². The summed E-state index contributed by atoms with van der Waals surface area (Å²) in [6.07, 6.45) is 5.79. The molecular weight excluding hydrogens is 387 g/mol. The summed E-state index contributed by atoms with van der Waals surface area (Å²) in [6, 6.07) is 0.949. The monoisotopic (exact) mass is 405 g/mol. The van der Waals surface area contributed by atoms with Crippen molar-refractivity contribution in [3.05, 3.63) is 70.5 Å². The van der Waals surface area contributed by atoms with Crippen LogP contribution in [0.2, 0.25) is 0 Å². The van der Waals surface area contributed by atoms with Gasteiger partial charge in [-0.1, -0.05) is 12.2 Å². The topological polar surface area (TPSA) is 72.9 Å². The quantitative estimate of drug-likeness (QED) is 0.757. The zero-order valence-corrected chi connectivity index (χ0v) is 15.3. The highest BCUT2D eigenvalue weighted by Crippen LogP contribution is 2.33. The van der Waals surface area contributed by atoms with E-state index in [4.69, 9.17) is 0 Å². The number of amides is 2. The Morgan fingerprint density at radius 2 is 1.93 bits per heavy atom. The largest absolute Gasteiger partial charge is 0.510 e. The lowest BCUT2D eigenvalue weighted by Gasteiger charge is -2.42. The molecule has 2 bridgehead atoms. The van der Waals surface area contributed by atoms with Crippen LogP contribution < -0.4 is 5.32 Å². The second-order valence-electron chi connectivity index (χ2n) is 7.14. The van der Waals surface area contributed by atoms with Gasteiger partial charge in [0.25, 0.3) is 5.91 Å². The Labute approximate surface area is 164 Å². The third kappa shape index (κ3) is 3.48. The van der Waals surface area contributed by atoms with Crippen LogP contribution in [0.25, 0.3) is 0 Å². The molecule has 9 heteroatoms. The first-order valence-corrected chi connectivity index (χ1v) is 9.12. The number of fused-ring (bicyclic) bond motifs is 4. The summed E-state index contributed by atoms with van der Waals surface area (Å²) < 4.78 is 40.5. The van der Waals surface area contributed by atoms with Gasteiger partial charge in [-0.3, -0.25) is 9.59 Å². The SMILES string of the molecule is O=C(NCc1c(F)cc(F)cc1F)C1=CN2C(=C(O)C1)C(=O)N1CC=CCC2C1. The molecule has 152 valence electrons. The minimum Gasteiger partial charge on any atom is -0.510 e. The third-order valence-corrected chi connectivity index (χ3v) is 5.22. The van der Waals surface area contributed by atoms with Gasteiger partial charge in [0, 0.05) is 55.5 Å². The van der Waals surface area contributed by atoms with Crippen LogP contribution in [0, 0.1) is 17.5 Å². The first-order valence-electron chi connectivity index (χ1n) is 9.12. The number of aliphatic hydroxyl groups is 1. The van der Waals surface area contributed by atoms with E-state index in [1.54, 1.807) is 9.80 Å². The number of rotatable bonds is 3. The summed E-state index contributed by atoms with van der Waals surface area (Å²) in [5, 5.41) is 12.8. The molecule has 29 heavy (non-hydrogen) atoms. The molecule has 4 rings (SSSR count). The molecule has 3 aliphatic rings. The van der Waals surface area contributed by atoms with E-state index in [2.05, 4.69) is 5.32 Å². The van der Waals surface area contributed by atoms with Gasteiger partial charge >= 0.3 is 0 Å². The van der Waals surface area contributed by atoms with Gasteiger partial charge in [0.05, 0.1) is 6.04 Å². The van der Waals surface area contributed by atoms with Gasteiger partial charge in [-0.2, -0.15) is 0 Å². The molecule has 0 radical (unpaired) electrons. The second-order valence-corrected chi connectivity index (χ2v) is 7.14. The molecule has 6 nitrogen and oxygen atoms in total. The molecule has 1 atom stereocenters. The smallest absolute Gasteiger partial charge is 0.274 e. The fourth-order valence-electron chi connectivity index (χ4n) is 3.75. The molecule has 2 N–H and O–H groups in total. The molecule has 1 aromatic rings. The first-order chi connectivity index (χ1) is 13.8. The van der Waals surface area contributed by atoms with Crippen LogP contribution in [0.5, 0.6) is 0 Å². The highest BCUT2D eigenvalue weighted by Gasteiger charge is 2.40. The number of aliphatic hydroxyl groups excluding tert-OH is 1. The van der Waals surface area contributed by atoms with E-state index in [9.17, 15) is 27.9 Å². The van der Waals surface area contributed by atoms with E-state index in [0.717, 1.165) is 0 Å². The van der Waals surface area contributed by atoms with Crippen LogP contribution in [0.3, 0.4) is 0 Å². The molecule has 0 spiro atoms. The number of piperazine rings is 1. The number of halogens is 3. The lowest BCUT2D eigenvalue weighted by molar-refractivity contribution is -0.132. The fraction of sp³-hybridized carbons (Fsp3) is 0.300. The number of benzene rings is 1. The molecule has 0 saturated carbocycles. The van der Waals surface area contributed by atoms with Crippen molar-refractivity contribution >= 4 is 11.8 Å². The van der Waals surface area contributed by atoms with Crippen molar-refractivity contribution in [2.24, 2.45) is 0 Å². The summed E-state index contributed by atoms with van der Waals surface area (Å²) in [7, 11) is 0. The van der Waals surface area contributed by atoms with Crippen LogP contribution >= 0.6 is 0 Å². The Kier molecular flexibility index (Phi) is 4.81. The number of nitrogens with one attached hydrogen (secondary N) is 1. The third-order valence-electron chi connectivity index (χ3n) is 5.22. The van der Waals surface area contributed by atoms with Crippen LogP contribution in [0.4, 0.5) is 13.2 Å². The van der Waals surface area contributed by atoms with Gasteiger partial charge in [-0.15, -0.1) is 0 Å². The van der Waals surface area contributed by atoms with Crippen molar-refractivity contribution < 1.29 is 27.9 Å². The number of allylic oxidation sites excluding steroid dienone is 1. The van der Waals surface area contributed by atoms with E-state index in [1.807, 2.05) is 12.2 Å². The minimum absolute atomic E-state index is 0.126. The van der Waals surface area contributed by atoms with Crippen LogP contribution in [-0.2, 0) is 16.1 Å². The number of hydrogen-bond acceptors (Lipinski definition) is 4. The number of carbonyl (C=O) groups excluding carboxylic acids is 2. The maximum absolute atomic E-state index is 13.8. The maximum Gasteiger partial charge on any atom is 0.274 e. The molecule has 1 saturated heterocycles.